The molecule has 1 fully saturated rings. The van der Waals surface area contributed by atoms with E-state index in [-0.39, 0.29) is 11.9 Å². The van der Waals surface area contributed by atoms with Crippen molar-refractivity contribution in [1.82, 2.24) is 14.7 Å². The Morgan fingerprint density at radius 1 is 0.517 bits per heavy atom. The number of hydrogen-bond donors (Lipinski definition) is 0. The van der Waals surface area contributed by atoms with Gasteiger partial charge in [-0.3, -0.25) is 19.4 Å². The van der Waals surface area contributed by atoms with E-state index in [9.17, 15) is 9.59 Å². The average molecular weight is 812 g/mol. The van der Waals surface area contributed by atoms with Gasteiger partial charge in [0.15, 0.2) is 0 Å². The molecule has 1 saturated heterocycles. The number of likely N-dealkylation sites (N-methyl/N-ethyl adjacent to an activating group) is 1. The van der Waals surface area contributed by atoms with Crippen LogP contribution in [0.25, 0.3) is 0 Å². The Labute approximate surface area is 359 Å². The number of unbranched alkanes of at least 4 members (excludes halogenated alkanes) is 18. The maximum Gasteiger partial charge on any atom is 0.307 e. The maximum absolute atomic E-state index is 12.7. The highest BCUT2D eigenvalue weighted by atomic mass is 16.5. The van der Waals surface area contributed by atoms with Crippen LogP contribution in [-0.2, 0) is 19.1 Å². The Hall–Kier alpha value is -2.22. The Morgan fingerprint density at radius 2 is 0.879 bits per heavy atom. The molecule has 2 atom stereocenters. The van der Waals surface area contributed by atoms with Crippen molar-refractivity contribution in [2.45, 2.75) is 207 Å². The molecule has 0 amide bonds. The first-order chi connectivity index (χ1) is 28.4. The lowest BCUT2D eigenvalue weighted by atomic mass is 10.1. The molecule has 0 aliphatic carbocycles. The number of carbonyl (C=O) groups is 2. The van der Waals surface area contributed by atoms with E-state index in [1.54, 1.807) is 0 Å². The molecule has 336 valence electrons. The molecule has 1 aliphatic heterocycles. The van der Waals surface area contributed by atoms with Gasteiger partial charge in [0.25, 0.3) is 0 Å². The van der Waals surface area contributed by atoms with Crippen LogP contribution in [0.5, 0.6) is 0 Å². The molecular weight excluding hydrogens is 719 g/mol. The number of hydrogen-bond acceptors (Lipinski definition) is 7. The van der Waals surface area contributed by atoms with Gasteiger partial charge >= 0.3 is 11.9 Å². The zero-order valence-corrected chi connectivity index (χ0v) is 38.8. The molecule has 58 heavy (non-hydrogen) atoms. The summed E-state index contributed by atoms with van der Waals surface area (Å²) in [6, 6.07) is 1.03. The molecule has 0 saturated carbocycles. The highest BCUT2D eigenvalue weighted by molar-refractivity contribution is 5.70. The number of esters is 2. The molecule has 7 nitrogen and oxygen atoms in total. The van der Waals surface area contributed by atoms with Gasteiger partial charge in [0.2, 0.25) is 0 Å². The minimum absolute atomic E-state index is 0.130. The zero-order chi connectivity index (χ0) is 42.2. The van der Waals surface area contributed by atoms with E-state index < -0.39 is 0 Å². The Balaban J connectivity index is 2.22. The lowest BCUT2D eigenvalue weighted by Crippen LogP contribution is -2.56. The first-order valence-corrected chi connectivity index (χ1v) is 24.4. The van der Waals surface area contributed by atoms with Crippen LogP contribution in [0.1, 0.15) is 195 Å². The van der Waals surface area contributed by atoms with E-state index in [4.69, 9.17) is 9.47 Å². The predicted octanol–water partition coefficient (Wildman–Crippen LogP) is 12.8. The normalized spacial score (nSPS) is 16.9. The summed E-state index contributed by atoms with van der Waals surface area (Å²) in [6.07, 6.45) is 48.0. The molecule has 1 heterocycles. The van der Waals surface area contributed by atoms with Crippen molar-refractivity contribution in [1.29, 1.82) is 0 Å². The summed E-state index contributed by atoms with van der Waals surface area (Å²) < 4.78 is 11.2. The van der Waals surface area contributed by atoms with Crippen molar-refractivity contribution < 1.29 is 19.1 Å². The van der Waals surface area contributed by atoms with Gasteiger partial charge in [0.1, 0.15) is 0 Å². The predicted molar refractivity (Wildman–Crippen MR) is 249 cm³/mol. The number of carbonyl (C=O) groups excluding carboxylic acids is 2. The SMILES string of the molecule is CCCCC/C=C\C/C=C\CCCCCCCCOC(=O)CCN(CCC(=O)OCCCCCCCC/C=C\C/C=C\CCCCC)CCN1CC(C)N(C)C(C)C1. The lowest BCUT2D eigenvalue weighted by molar-refractivity contribution is -0.144. The van der Waals surface area contributed by atoms with Gasteiger partial charge in [-0.05, 0) is 97.9 Å². The van der Waals surface area contributed by atoms with Crippen LogP contribution in [0, 0.1) is 0 Å². The van der Waals surface area contributed by atoms with E-state index >= 15 is 0 Å². The monoisotopic (exact) mass is 812 g/mol. The van der Waals surface area contributed by atoms with Crippen LogP contribution in [0.15, 0.2) is 48.6 Å². The molecular formula is C51H93N3O4. The van der Waals surface area contributed by atoms with E-state index in [1.165, 1.54) is 116 Å². The standard InChI is InChI=1S/C51H93N3O4/c1-6-8-10-12-14-16-18-20-22-24-26-28-30-32-34-36-44-57-50(55)38-40-53(42-43-54-46-48(3)52(5)49(4)47-54)41-39-51(56)58-45-37-35-33-31-29-27-25-23-21-19-17-15-13-11-9-7-2/h14-17,20-23,48-49H,6-13,18-19,24-47H2,1-5H3/b16-14-,17-15-,22-20-,23-21-. The summed E-state index contributed by atoms with van der Waals surface area (Å²) in [5.74, 6) is -0.260. The number of allylic oxidation sites excluding steroid dienone is 8. The summed E-state index contributed by atoms with van der Waals surface area (Å²) >= 11 is 0. The Bertz CT molecular complexity index is 994. The largest absolute Gasteiger partial charge is 0.466 e. The van der Waals surface area contributed by atoms with Gasteiger partial charge in [0.05, 0.1) is 26.1 Å². The van der Waals surface area contributed by atoms with E-state index in [2.05, 4.69) is 98.1 Å². The Kier molecular flexibility index (Phi) is 37.3. The quantitative estimate of drug-likeness (QED) is 0.0348. The minimum atomic E-state index is -0.130. The van der Waals surface area contributed by atoms with Crippen molar-refractivity contribution >= 4 is 11.9 Å². The average Bonchev–Trinajstić information content (AvgIpc) is 3.21. The fourth-order valence-corrected chi connectivity index (χ4v) is 7.51. The van der Waals surface area contributed by atoms with Gasteiger partial charge < -0.3 is 14.4 Å². The van der Waals surface area contributed by atoms with Crippen LogP contribution < -0.4 is 0 Å². The second-order valence-electron chi connectivity index (χ2n) is 17.1. The van der Waals surface area contributed by atoms with Crippen molar-refractivity contribution in [2.75, 3.05) is 59.5 Å². The molecule has 0 N–H and O–H groups in total. The number of rotatable bonds is 39. The molecule has 7 heteroatoms. The third-order valence-electron chi connectivity index (χ3n) is 11.6. The molecule has 1 aliphatic rings. The van der Waals surface area contributed by atoms with Crippen molar-refractivity contribution in [3.05, 3.63) is 48.6 Å². The fraction of sp³-hybridized carbons (Fsp3) is 0.804. The highest BCUT2D eigenvalue weighted by Gasteiger charge is 2.26. The first kappa shape index (κ1) is 53.8. The molecule has 1 rings (SSSR count). The molecule has 0 aromatic carbocycles. The highest BCUT2D eigenvalue weighted by Crippen LogP contribution is 2.14. The van der Waals surface area contributed by atoms with Gasteiger partial charge in [-0.15, -0.1) is 0 Å². The molecule has 0 spiro atoms. The van der Waals surface area contributed by atoms with Crippen LogP contribution in [0.3, 0.4) is 0 Å². The van der Waals surface area contributed by atoms with Gasteiger partial charge in [-0.2, -0.15) is 0 Å². The molecule has 0 bridgehead atoms. The van der Waals surface area contributed by atoms with Gasteiger partial charge in [-0.1, -0.05) is 140 Å². The summed E-state index contributed by atoms with van der Waals surface area (Å²) in [5.41, 5.74) is 0. The maximum atomic E-state index is 12.7. The summed E-state index contributed by atoms with van der Waals surface area (Å²) in [5, 5.41) is 0. The lowest BCUT2D eigenvalue weighted by Gasteiger charge is -2.43. The topological polar surface area (TPSA) is 62.3 Å². The summed E-state index contributed by atoms with van der Waals surface area (Å²) in [7, 11) is 2.21. The minimum Gasteiger partial charge on any atom is -0.466 e. The second-order valence-corrected chi connectivity index (χ2v) is 17.1. The number of ether oxygens (including phenoxy) is 2. The van der Waals surface area contributed by atoms with Crippen LogP contribution in [-0.4, -0.2) is 98.3 Å². The third kappa shape index (κ3) is 33.6. The first-order valence-electron chi connectivity index (χ1n) is 24.4. The van der Waals surface area contributed by atoms with E-state index in [1.807, 2.05) is 0 Å². The van der Waals surface area contributed by atoms with Crippen molar-refractivity contribution in [2.24, 2.45) is 0 Å². The van der Waals surface area contributed by atoms with E-state index in [0.29, 0.717) is 51.2 Å². The fourth-order valence-electron chi connectivity index (χ4n) is 7.51. The Morgan fingerprint density at radius 3 is 1.28 bits per heavy atom. The summed E-state index contributed by atoms with van der Waals surface area (Å²) in [4.78, 5) is 32.6. The van der Waals surface area contributed by atoms with Crippen LogP contribution >= 0.6 is 0 Å². The van der Waals surface area contributed by atoms with Gasteiger partial charge in [-0.25, -0.2) is 0 Å². The second kappa shape index (κ2) is 40.2. The summed E-state index contributed by atoms with van der Waals surface area (Å²) in [6.45, 7) is 15.2. The number of nitrogens with zero attached hydrogens (tertiary/aromatic N) is 3. The van der Waals surface area contributed by atoms with E-state index in [0.717, 1.165) is 64.7 Å². The molecule has 0 aromatic heterocycles. The molecule has 0 radical (unpaired) electrons. The zero-order valence-electron chi connectivity index (χ0n) is 38.8. The molecule has 0 aromatic rings. The smallest absolute Gasteiger partial charge is 0.307 e. The van der Waals surface area contributed by atoms with Crippen molar-refractivity contribution in [3.8, 4) is 0 Å². The van der Waals surface area contributed by atoms with Crippen molar-refractivity contribution in [3.63, 3.8) is 0 Å². The van der Waals surface area contributed by atoms with Crippen LogP contribution in [0.2, 0.25) is 0 Å². The molecule has 2 unspecified atom stereocenters. The van der Waals surface area contributed by atoms with Crippen LogP contribution in [0.4, 0.5) is 0 Å². The number of piperazine rings is 1. The van der Waals surface area contributed by atoms with Gasteiger partial charge in [0, 0.05) is 51.4 Å². The third-order valence-corrected chi connectivity index (χ3v) is 11.6.